The number of nitrogens with zero attached hydrogens (tertiary/aromatic N) is 2. The van der Waals surface area contributed by atoms with Crippen molar-refractivity contribution in [1.29, 1.82) is 0 Å². The van der Waals surface area contributed by atoms with Crippen LogP contribution < -0.4 is 5.32 Å². The molecule has 1 aromatic carbocycles. The largest absolute Gasteiger partial charge is 0.459 e. The van der Waals surface area contributed by atoms with Gasteiger partial charge in [0.05, 0.1) is 13.1 Å². The fraction of sp³-hybridized carbons (Fsp3) is 0.357. The van der Waals surface area contributed by atoms with Gasteiger partial charge in [0.2, 0.25) is 0 Å². The van der Waals surface area contributed by atoms with Crippen LogP contribution in [-0.2, 0) is 6.54 Å². The number of likely N-dealkylation sites (N-methyl/N-ethyl adjacent to an activating group) is 1. The SMILES string of the molecule is Cc1c(CNC2=NCCN2C)oc2ccc(F)cc12. The van der Waals surface area contributed by atoms with Crippen LogP contribution in [0.1, 0.15) is 11.3 Å². The van der Waals surface area contributed by atoms with E-state index in [1.54, 1.807) is 6.07 Å². The van der Waals surface area contributed by atoms with Crippen molar-refractivity contribution in [3.63, 3.8) is 0 Å². The number of halogens is 1. The molecule has 100 valence electrons. The Bertz CT molecular complexity index is 647. The summed E-state index contributed by atoms with van der Waals surface area (Å²) in [6.07, 6.45) is 0. The summed E-state index contributed by atoms with van der Waals surface area (Å²) in [4.78, 5) is 6.43. The summed E-state index contributed by atoms with van der Waals surface area (Å²) in [5.74, 6) is 1.46. The van der Waals surface area contributed by atoms with Crippen LogP contribution in [0.3, 0.4) is 0 Å². The molecule has 0 radical (unpaired) electrons. The molecule has 19 heavy (non-hydrogen) atoms. The maximum atomic E-state index is 13.2. The maximum Gasteiger partial charge on any atom is 0.194 e. The van der Waals surface area contributed by atoms with Gasteiger partial charge in [-0.15, -0.1) is 0 Å². The predicted octanol–water partition coefficient (Wildman–Crippen LogP) is 2.27. The topological polar surface area (TPSA) is 40.8 Å². The minimum atomic E-state index is -0.240. The lowest BCUT2D eigenvalue weighted by Crippen LogP contribution is -2.35. The number of aryl methyl sites for hydroxylation is 1. The summed E-state index contributed by atoms with van der Waals surface area (Å²) in [7, 11) is 2.00. The van der Waals surface area contributed by atoms with Gasteiger partial charge in [-0.1, -0.05) is 0 Å². The molecule has 0 spiro atoms. The minimum Gasteiger partial charge on any atom is -0.459 e. The Hall–Kier alpha value is -2.04. The van der Waals surface area contributed by atoms with Gasteiger partial charge in [-0.05, 0) is 25.1 Å². The van der Waals surface area contributed by atoms with Crippen LogP contribution in [0.4, 0.5) is 4.39 Å². The smallest absolute Gasteiger partial charge is 0.194 e. The van der Waals surface area contributed by atoms with E-state index in [1.165, 1.54) is 12.1 Å². The van der Waals surface area contributed by atoms with E-state index in [-0.39, 0.29) is 5.82 Å². The summed E-state index contributed by atoms with van der Waals surface area (Å²) in [6.45, 7) is 4.27. The number of furan rings is 1. The monoisotopic (exact) mass is 261 g/mol. The molecular weight excluding hydrogens is 245 g/mol. The normalized spacial score (nSPS) is 15.1. The first-order valence-corrected chi connectivity index (χ1v) is 6.32. The van der Waals surface area contributed by atoms with E-state index >= 15 is 0 Å². The highest BCUT2D eigenvalue weighted by atomic mass is 19.1. The van der Waals surface area contributed by atoms with Gasteiger partial charge in [0, 0.05) is 24.5 Å². The molecule has 0 saturated heterocycles. The summed E-state index contributed by atoms with van der Waals surface area (Å²) in [6, 6.07) is 4.59. The van der Waals surface area contributed by atoms with Gasteiger partial charge in [-0.25, -0.2) is 4.39 Å². The van der Waals surface area contributed by atoms with Gasteiger partial charge < -0.3 is 14.6 Å². The average molecular weight is 261 g/mol. The van der Waals surface area contributed by atoms with E-state index in [1.807, 2.05) is 14.0 Å². The zero-order valence-corrected chi connectivity index (χ0v) is 11.0. The molecule has 5 heteroatoms. The number of guanidine groups is 1. The molecule has 1 aliphatic rings. The Morgan fingerprint density at radius 3 is 3.05 bits per heavy atom. The summed E-state index contributed by atoms with van der Waals surface area (Å²) in [5, 5.41) is 4.08. The van der Waals surface area contributed by atoms with Crippen molar-refractivity contribution in [2.24, 2.45) is 4.99 Å². The Labute approximate surface area is 110 Å². The molecule has 4 nitrogen and oxygen atoms in total. The molecule has 2 heterocycles. The van der Waals surface area contributed by atoms with Crippen LogP contribution in [0.2, 0.25) is 0 Å². The Morgan fingerprint density at radius 2 is 2.32 bits per heavy atom. The molecule has 0 atom stereocenters. The lowest BCUT2D eigenvalue weighted by molar-refractivity contribution is 0.506. The van der Waals surface area contributed by atoms with Crippen molar-refractivity contribution >= 4 is 16.9 Å². The number of aliphatic imine (C=N–C) groups is 1. The zero-order chi connectivity index (χ0) is 13.4. The van der Waals surface area contributed by atoms with Crippen molar-refractivity contribution in [1.82, 2.24) is 10.2 Å². The van der Waals surface area contributed by atoms with E-state index in [0.717, 1.165) is 41.3 Å². The van der Waals surface area contributed by atoms with Crippen LogP contribution in [-0.4, -0.2) is 31.0 Å². The van der Waals surface area contributed by atoms with Gasteiger partial charge in [-0.3, -0.25) is 4.99 Å². The van der Waals surface area contributed by atoms with Crippen molar-refractivity contribution in [2.75, 3.05) is 20.1 Å². The summed E-state index contributed by atoms with van der Waals surface area (Å²) < 4.78 is 19.0. The van der Waals surface area contributed by atoms with Crippen LogP contribution >= 0.6 is 0 Å². The van der Waals surface area contributed by atoms with Gasteiger partial charge in [0.25, 0.3) is 0 Å². The Morgan fingerprint density at radius 1 is 1.47 bits per heavy atom. The van der Waals surface area contributed by atoms with Crippen LogP contribution in [0.15, 0.2) is 27.6 Å². The predicted molar refractivity (Wildman–Crippen MR) is 72.7 cm³/mol. The number of hydrogen-bond acceptors (Lipinski definition) is 4. The van der Waals surface area contributed by atoms with E-state index in [2.05, 4.69) is 15.2 Å². The Kier molecular flexibility index (Phi) is 2.89. The highest BCUT2D eigenvalue weighted by Crippen LogP contribution is 2.25. The highest BCUT2D eigenvalue weighted by molar-refractivity contribution is 5.83. The number of benzene rings is 1. The first-order chi connectivity index (χ1) is 9.15. The number of fused-ring (bicyclic) bond motifs is 1. The first-order valence-electron chi connectivity index (χ1n) is 6.32. The molecule has 1 aliphatic heterocycles. The second-order valence-corrected chi connectivity index (χ2v) is 4.77. The van der Waals surface area contributed by atoms with Crippen LogP contribution in [0.25, 0.3) is 11.0 Å². The van der Waals surface area contributed by atoms with Crippen LogP contribution in [0, 0.1) is 12.7 Å². The van der Waals surface area contributed by atoms with Gasteiger partial charge in [0.1, 0.15) is 17.2 Å². The fourth-order valence-electron chi connectivity index (χ4n) is 2.30. The average Bonchev–Trinajstić information content (AvgIpc) is 2.93. The van der Waals surface area contributed by atoms with E-state index in [0.29, 0.717) is 6.54 Å². The number of hydrogen-bond donors (Lipinski definition) is 1. The number of rotatable bonds is 2. The molecule has 0 aliphatic carbocycles. The third-order valence-electron chi connectivity index (χ3n) is 3.46. The molecule has 1 aromatic heterocycles. The van der Waals surface area contributed by atoms with Crippen molar-refractivity contribution in [3.8, 4) is 0 Å². The lowest BCUT2D eigenvalue weighted by atomic mass is 10.1. The van der Waals surface area contributed by atoms with E-state index in [4.69, 9.17) is 4.42 Å². The third-order valence-corrected chi connectivity index (χ3v) is 3.46. The molecule has 0 fully saturated rings. The molecule has 3 rings (SSSR count). The molecule has 1 N–H and O–H groups in total. The van der Waals surface area contributed by atoms with Crippen molar-refractivity contribution < 1.29 is 8.81 Å². The van der Waals surface area contributed by atoms with Gasteiger partial charge >= 0.3 is 0 Å². The quantitative estimate of drug-likeness (QED) is 0.901. The van der Waals surface area contributed by atoms with Gasteiger partial charge in [-0.2, -0.15) is 0 Å². The standard InChI is InChI=1S/C14H16FN3O/c1-9-11-7-10(15)3-4-12(11)19-13(9)8-17-14-16-5-6-18(14)2/h3-4,7H,5-6,8H2,1-2H3,(H,16,17). The minimum absolute atomic E-state index is 0.240. The van der Waals surface area contributed by atoms with Crippen molar-refractivity contribution in [3.05, 3.63) is 35.3 Å². The fourth-order valence-corrected chi connectivity index (χ4v) is 2.30. The molecule has 0 saturated carbocycles. The lowest BCUT2D eigenvalue weighted by Gasteiger charge is -2.14. The second kappa shape index (κ2) is 4.57. The molecule has 0 bridgehead atoms. The molecule has 0 unspecified atom stereocenters. The van der Waals surface area contributed by atoms with Gasteiger partial charge in [0.15, 0.2) is 5.96 Å². The molecular formula is C14H16FN3O. The molecule has 2 aromatic rings. The summed E-state index contributed by atoms with van der Waals surface area (Å²) in [5.41, 5.74) is 1.70. The molecule has 0 amide bonds. The zero-order valence-electron chi connectivity index (χ0n) is 11.0. The summed E-state index contributed by atoms with van der Waals surface area (Å²) >= 11 is 0. The first kappa shape index (κ1) is 12.0. The van der Waals surface area contributed by atoms with E-state index in [9.17, 15) is 4.39 Å². The Balaban J connectivity index is 1.83. The van der Waals surface area contributed by atoms with E-state index < -0.39 is 0 Å². The number of nitrogens with one attached hydrogen (secondary N) is 1. The maximum absolute atomic E-state index is 13.2. The highest BCUT2D eigenvalue weighted by Gasteiger charge is 2.15. The second-order valence-electron chi connectivity index (χ2n) is 4.77. The third kappa shape index (κ3) is 2.16. The van der Waals surface area contributed by atoms with Crippen molar-refractivity contribution in [2.45, 2.75) is 13.5 Å². The van der Waals surface area contributed by atoms with Crippen LogP contribution in [0.5, 0.6) is 0 Å².